The fraction of sp³-hybridized carbons (Fsp3) is 0.750. The average Bonchev–Trinajstić information content (AvgIpc) is 2.10. The molecular weight excluding hydrogens is 144 g/mol. The van der Waals surface area contributed by atoms with Gasteiger partial charge in [0.15, 0.2) is 0 Å². The SMILES string of the molecule is [CH2]CCCCCCCC#CCC. The van der Waals surface area contributed by atoms with Crippen LogP contribution in [0.15, 0.2) is 0 Å². The summed E-state index contributed by atoms with van der Waals surface area (Å²) < 4.78 is 0. The quantitative estimate of drug-likeness (QED) is 0.413. The summed E-state index contributed by atoms with van der Waals surface area (Å²) in [6.07, 6.45) is 9.83. The van der Waals surface area contributed by atoms with E-state index in [9.17, 15) is 0 Å². The highest BCUT2D eigenvalue weighted by atomic mass is 13.9. The molecule has 0 spiro atoms. The molecule has 0 aliphatic rings. The van der Waals surface area contributed by atoms with E-state index in [4.69, 9.17) is 0 Å². The Kier molecular flexibility index (Phi) is 10.2. The minimum Gasteiger partial charge on any atom is -0.104 e. The van der Waals surface area contributed by atoms with Gasteiger partial charge in [0.25, 0.3) is 0 Å². The normalized spacial score (nSPS) is 9.17. The zero-order valence-electron chi connectivity index (χ0n) is 8.36. The summed E-state index contributed by atoms with van der Waals surface area (Å²) in [6, 6.07) is 0. The largest absolute Gasteiger partial charge is 0.104 e. The van der Waals surface area contributed by atoms with Crippen molar-refractivity contribution in [2.24, 2.45) is 0 Å². The molecule has 69 valence electrons. The second kappa shape index (κ2) is 10.6. The van der Waals surface area contributed by atoms with Crippen LogP contribution in [0.1, 0.15) is 58.3 Å². The Bertz CT molecular complexity index is 125. The third kappa shape index (κ3) is 9.56. The lowest BCUT2D eigenvalue weighted by molar-refractivity contribution is 0.624. The van der Waals surface area contributed by atoms with E-state index in [1.54, 1.807) is 0 Å². The topological polar surface area (TPSA) is 0 Å². The summed E-state index contributed by atoms with van der Waals surface area (Å²) in [5, 5.41) is 0. The number of hydrogen-bond donors (Lipinski definition) is 0. The minimum absolute atomic E-state index is 1.00. The number of unbranched alkanes of at least 4 members (excludes halogenated alkanes) is 6. The summed E-state index contributed by atoms with van der Waals surface area (Å²) in [5.41, 5.74) is 0. The smallest absolute Gasteiger partial charge is 0.00886 e. The molecule has 0 saturated carbocycles. The zero-order chi connectivity index (χ0) is 9.07. The molecule has 0 nitrogen and oxygen atoms in total. The van der Waals surface area contributed by atoms with Crippen LogP contribution in [0.25, 0.3) is 0 Å². The van der Waals surface area contributed by atoms with Crippen molar-refractivity contribution in [2.75, 3.05) is 0 Å². The lowest BCUT2D eigenvalue weighted by Crippen LogP contribution is -1.77. The van der Waals surface area contributed by atoms with Crippen molar-refractivity contribution in [3.63, 3.8) is 0 Å². The summed E-state index contributed by atoms with van der Waals surface area (Å²) in [5.74, 6) is 6.25. The fourth-order valence-corrected chi connectivity index (χ4v) is 1.13. The van der Waals surface area contributed by atoms with Gasteiger partial charge in [-0.25, -0.2) is 0 Å². The van der Waals surface area contributed by atoms with Gasteiger partial charge < -0.3 is 0 Å². The summed E-state index contributed by atoms with van der Waals surface area (Å²) >= 11 is 0. The molecule has 0 fully saturated rings. The van der Waals surface area contributed by atoms with Crippen molar-refractivity contribution in [3.05, 3.63) is 6.92 Å². The molecule has 0 aromatic rings. The molecule has 0 unspecified atom stereocenters. The highest BCUT2D eigenvalue weighted by molar-refractivity contribution is 4.97. The molecule has 0 atom stereocenters. The predicted octanol–water partition coefficient (Wildman–Crippen LogP) is 3.96. The highest BCUT2D eigenvalue weighted by Gasteiger charge is 1.87. The van der Waals surface area contributed by atoms with Gasteiger partial charge in [-0.15, -0.1) is 11.8 Å². The monoisotopic (exact) mass is 165 g/mol. The summed E-state index contributed by atoms with van der Waals surface area (Å²) in [7, 11) is 0. The molecule has 0 rings (SSSR count). The Morgan fingerprint density at radius 2 is 1.58 bits per heavy atom. The Morgan fingerprint density at radius 3 is 2.25 bits per heavy atom. The Balaban J connectivity index is 2.91. The maximum Gasteiger partial charge on any atom is 0.00886 e. The summed E-state index contributed by atoms with van der Waals surface area (Å²) in [4.78, 5) is 0. The molecule has 0 aromatic carbocycles. The molecule has 0 heteroatoms. The van der Waals surface area contributed by atoms with Crippen molar-refractivity contribution in [3.8, 4) is 11.8 Å². The second-order valence-electron chi connectivity index (χ2n) is 3.08. The molecule has 12 heavy (non-hydrogen) atoms. The number of hydrogen-bond acceptors (Lipinski definition) is 0. The molecule has 0 aromatic heterocycles. The lowest BCUT2D eigenvalue weighted by Gasteiger charge is -1.96. The van der Waals surface area contributed by atoms with Crippen LogP contribution < -0.4 is 0 Å². The maximum atomic E-state index is 3.82. The standard InChI is InChI=1S/C12H21/c1-3-5-7-9-11-12-10-8-6-4-2/h1,3-5,7,9-12H2,2H3. The maximum absolute atomic E-state index is 3.82. The van der Waals surface area contributed by atoms with E-state index in [-0.39, 0.29) is 0 Å². The molecule has 1 radical (unpaired) electrons. The van der Waals surface area contributed by atoms with E-state index >= 15 is 0 Å². The van der Waals surface area contributed by atoms with Gasteiger partial charge in [-0.2, -0.15) is 0 Å². The third-order valence-corrected chi connectivity index (χ3v) is 1.85. The zero-order valence-corrected chi connectivity index (χ0v) is 8.36. The first-order chi connectivity index (χ1) is 5.91. The van der Waals surface area contributed by atoms with Crippen LogP contribution in [-0.4, -0.2) is 0 Å². The molecule has 0 heterocycles. The van der Waals surface area contributed by atoms with Crippen molar-refractivity contribution in [1.29, 1.82) is 0 Å². The third-order valence-electron chi connectivity index (χ3n) is 1.85. The van der Waals surface area contributed by atoms with Crippen molar-refractivity contribution >= 4 is 0 Å². The Labute approximate surface area is 77.8 Å². The van der Waals surface area contributed by atoms with Crippen LogP contribution in [0.4, 0.5) is 0 Å². The highest BCUT2D eigenvalue weighted by Crippen LogP contribution is 2.05. The minimum atomic E-state index is 1.00. The van der Waals surface area contributed by atoms with Crippen LogP contribution in [0, 0.1) is 18.8 Å². The fourth-order valence-electron chi connectivity index (χ4n) is 1.13. The molecule has 0 saturated heterocycles. The van der Waals surface area contributed by atoms with Crippen molar-refractivity contribution < 1.29 is 0 Å². The van der Waals surface area contributed by atoms with Crippen LogP contribution in [0.3, 0.4) is 0 Å². The van der Waals surface area contributed by atoms with E-state index in [1.807, 2.05) is 0 Å². The van der Waals surface area contributed by atoms with Gasteiger partial charge in [-0.3, -0.25) is 0 Å². The molecule has 0 N–H and O–H groups in total. The first-order valence-electron chi connectivity index (χ1n) is 5.16. The molecule has 0 aliphatic carbocycles. The van der Waals surface area contributed by atoms with E-state index < -0.39 is 0 Å². The van der Waals surface area contributed by atoms with Gasteiger partial charge in [0.1, 0.15) is 0 Å². The van der Waals surface area contributed by atoms with Crippen LogP contribution in [0.2, 0.25) is 0 Å². The first kappa shape index (κ1) is 11.6. The van der Waals surface area contributed by atoms with Crippen LogP contribution >= 0.6 is 0 Å². The molecular formula is C12H21. The average molecular weight is 165 g/mol. The molecule has 0 aliphatic heterocycles. The predicted molar refractivity (Wildman–Crippen MR) is 55.7 cm³/mol. The van der Waals surface area contributed by atoms with E-state index in [1.165, 1.54) is 32.1 Å². The van der Waals surface area contributed by atoms with Gasteiger partial charge in [0, 0.05) is 12.8 Å². The second-order valence-corrected chi connectivity index (χ2v) is 3.08. The van der Waals surface area contributed by atoms with Crippen molar-refractivity contribution in [2.45, 2.75) is 58.3 Å². The van der Waals surface area contributed by atoms with Gasteiger partial charge in [0.2, 0.25) is 0 Å². The van der Waals surface area contributed by atoms with Gasteiger partial charge in [0.05, 0.1) is 0 Å². The van der Waals surface area contributed by atoms with Crippen molar-refractivity contribution in [1.82, 2.24) is 0 Å². The molecule has 0 bridgehead atoms. The molecule has 0 amide bonds. The lowest BCUT2D eigenvalue weighted by atomic mass is 10.1. The number of rotatable bonds is 6. The van der Waals surface area contributed by atoms with Crippen LogP contribution in [0.5, 0.6) is 0 Å². The Hall–Kier alpha value is -0.440. The van der Waals surface area contributed by atoms with E-state index in [2.05, 4.69) is 25.7 Å². The van der Waals surface area contributed by atoms with E-state index in [0.29, 0.717) is 0 Å². The summed E-state index contributed by atoms with van der Waals surface area (Å²) in [6.45, 7) is 5.92. The first-order valence-corrected chi connectivity index (χ1v) is 5.16. The van der Waals surface area contributed by atoms with Gasteiger partial charge in [-0.1, -0.05) is 46.0 Å². The van der Waals surface area contributed by atoms with Crippen LogP contribution in [-0.2, 0) is 0 Å². The van der Waals surface area contributed by atoms with E-state index in [0.717, 1.165) is 19.3 Å². The van der Waals surface area contributed by atoms with Gasteiger partial charge >= 0.3 is 0 Å². The van der Waals surface area contributed by atoms with Gasteiger partial charge in [-0.05, 0) is 6.42 Å². The Morgan fingerprint density at radius 1 is 0.917 bits per heavy atom.